The van der Waals surface area contributed by atoms with Crippen molar-refractivity contribution in [3.8, 4) is 0 Å². The zero-order valence-electron chi connectivity index (χ0n) is 20.4. The van der Waals surface area contributed by atoms with Gasteiger partial charge in [0.1, 0.15) is 0 Å². The third-order valence-electron chi connectivity index (χ3n) is 6.70. The second-order valence-electron chi connectivity index (χ2n) is 10.2. The average Bonchev–Trinajstić information content (AvgIpc) is 2.98. The van der Waals surface area contributed by atoms with Gasteiger partial charge in [-0.25, -0.2) is 0 Å². The Labute approximate surface area is 219 Å². The molecule has 37 heavy (non-hydrogen) atoms. The minimum Gasteiger partial charge on any atom is -0.357 e. The van der Waals surface area contributed by atoms with E-state index in [2.05, 4.69) is 10.6 Å². The highest BCUT2D eigenvalue weighted by Gasteiger charge is 2.43. The molecule has 1 aliphatic heterocycles. The zero-order valence-corrected chi connectivity index (χ0v) is 21.2. The van der Waals surface area contributed by atoms with Crippen LogP contribution in [0.5, 0.6) is 0 Å². The molecule has 0 saturated carbocycles. The normalized spacial score (nSPS) is 18.9. The third kappa shape index (κ3) is 4.98. The van der Waals surface area contributed by atoms with Gasteiger partial charge in [0.2, 0.25) is 0 Å². The number of hydrogen-bond donors (Lipinski definition) is 2. The number of ketones is 1. The predicted molar refractivity (Wildman–Crippen MR) is 144 cm³/mol. The number of allylic oxidation sites excluding steroid dienone is 1. The van der Waals surface area contributed by atoms with Crippen molar-refractivity contribution >= 4 is 40.2 Å². The van der Waals surface area contributed by atoms with Gasteiger partial charge in [0, 0.05) is 23.4 Å². The number of fused-ring (bicyclic) bond motifs is 1. The summed E-state index contributed by atoms with van der Waals surface area (Å²) in [6, 6.07) is 21.3. The number of nitrogens with zero attached hydrogens (tertiary/aromatic N) is 1. The standard InChI is InChI=1S/C29H26F3N3OS/c1-28(2)16-22-25(24(36)17-28)26(18-12-14-19(15-13-18)29(30,31)32)35(23-11-7-6-10-21(23)34-22)27(37)33-20-8-4-3-5-9-20/h3-15,26,34H,16-17H2,1-2H3,(H,33,37)/t26-/m1/s1. The van der Waals surface area contributed by atoms with E-state index in [9.17, 15) is 18.0 Å². The summed E-state index contributed by atoms with van der Waals surface area (Å²) in [5.41, 5.74) is 3.08. The van der Waals surface area contributed by atoms with Crippen LogP contribution >= 0.6 is 12.2 Å². The molecule has 0 saturated heterocycles. The second kappa shape index (κ2) is 9.34. The number of rotatable bonds is 2. The van der Waals surface area contributed by atoms with E-state index in [1.54, 1.807) is 0 Å². The maximum atomic E-state index is 13.7. The summed E-state index contributed by atoms with van der Waals surface area (Å²) in [4.78, 5) is 15.6. The van der Waals surface area contributed by atoms with Gasteiger partial charge in [-0.05, 0) is 66.0 Å². The number of para-hydroxylation sites is 3. The fourth-order valence-corrected chi connectivity index (χ4v) is 5.41. The molecule has 190 valence electrons. The first-order chi connectivity index (χ1) is 17.5. The van der Waals surface area contributed by atoms with E-state index in [1.807, 2.05) is 73.3 Å². The highest BCUT2D eigenvalue weighted by Crippen LogP contribution is 2.48. The lowest BCUT2D eigenvalue weighted by atomic mass is 9.73. The van der Waals surface area contributed by atoms with E-state index >= 15 is 0 Å². The summed E-state index contributed by atoms with van der Waals surface area (Å²) in [6.07, 6.45) is -3.52. The molecule has 1 aliphatic carbocycles. The molecule has 2 N–H and O–H groups in total. The van der Waals surface area contributed by atoms with Crippen LogP contribution in [0.3, 0.4) is 0 Å². The lowest BCUT2D eigenvalue weighted by Crippen LogP contribution is -2.41. The molecule has 0 fully saturated rings. The molecule has 1 atom stereocenters. The number of carbonyl (C=O) groups is 1. The second-order valence-corrected chi connectivity index (χ2v) is 10.6. The van der Waals surface area contributed by atoms with E-state index < -0.39 is 17.8 Å². The molecular formula is C29H26F3N3OS. The molecule has 4 nitrogen and oxygen atoms in total. The van der Waals surface area contributed by atoms with Crippen molar-refractivity contribution < 1.29 is 18.0 Å². The summed E-state index contributed by atoms with van der Waals surface area (Å²) in [5, 5.41) is 7.07. The maximum Gasteiger partial charge on any atom is 0.416 e. The molecule has 2 aliphatic rings. The summed E-state index contributed by atoms with van der Waals surface area (Å²) in [7, 11) is 0. The molecule has 0 spiro atoms. The Kier molecular flexibility index (Phi) is 6.31. The van der Waals surface area contributed by atoms with E-state index in [0.717, 1.165) is 34.9 Å². The van der Waals surface area contributed by atoms with Crippen molar-refractivity contribution in [1.82, 2.24) is 0 Å². The summed E-state index contributed by atoms with van der Waals surface area (Å²) >= 11 is 5.91. The Morgan fingerprint density at radius 2 is 1.62 bits per heavy atom. The van der Waals surface area contributed by atoms with Gasteiger partial charge in [-0.2, -0.15) is 13.2 Å². The molecule has 8 heteroatoms. The van der Waals surface area contributed by atoms with Crippen LogP contribution < -0.4 is 15.5 Å². The van der Waals surface area contributed by atoms with E-state index in [4.69, 9.17) is 12.2 Å². The summed E-state index contributed by atoms with van der Waals surface area (Å²) in [6.45, 7) is 4.08. The predicted octanol–water partition coefficient (Wildman–Crippen LogP) is 7.72. The first kappa shape index (κ1) is 25.0. The Balaban J connectivity index is 1.71. The number of carbonyl (C=O) groups excluding carboxylic acids is 1. The lowest BCUT2D eigenvalue weighted by molar-refractivity contribution is -0.137. The van der Waals surface area contributed by atoms with Crippen LogP contribution in [0, 0.1) is 5.41 Å². The molecule has 0 bridgehead atoms. The van der Waals surface area contributed by atoms with E-state index in [0.29, 0.717) is 29.1 Å². The van der Waals surface area contributed by atoms with Gasteiger partial charge in [0.05, 0.1) is 23.0 Å². The maximum absolute atomic E-state index is 13.7. The number of thiocarbonyl (C=S) groups is 1. The lowest BCUT2D eigenvalue weighted by Gasteiger charge is -2.38. The Morgan fingerprint density at radius 3 is 2.30 bits per heavy atom. The number of benzene rings is 3. The van der Waals surface area contributed by atoms with Gasteiger partial charge in [-0.1, -0.05) is 56.3 Å². The van der Waals surface area contributed by atoms with Gasteiger partial charge in [-0.3, -0.25) is 4.79 Å². The van der Waals surface area contributed by atoms with Crippen molar-refractivity contribution in [1.29, 1.82) is 0 Å². The highest BCUT2D eigenvalue weighted by molar-refractivity contribution is 7.80. The zero-order chi connectivity index (χ0) is 26.4. The molecule has 0 radical (unpaired) electrons. The van der Waals surface area contributed by atoms with E-state index in [1.165, 1.54) is 12.1 Å². The molecular weight excluding hydrogens is 495 g/mol. The van der Waals surface area contributed by atoms with E-state index in [-0.39, 0.29) is 11.2 Å². The van der Waals surface area contributed by atoms with Gasteiger partial charge in [-0.15, -0.1) is 0 Å². The van der Waals surface area contributed by atoms with Crippen molar-refractivity contribution in [2.75, 3.05) is 15.5 Å². The van der Waals surface area contributed by atoms with Crippen LogP contribution in [-0.4, -0.2) is 10.9 Å². The highest BCUT2D eigenvalue weighted by atomic mass is 32.1. The first-order valence-corrected chi connectivity index (χ1v) is 12.4. The van der Waals surface area contributed by atoms with Gasteiger partial charge < -0.3 is 15.5 Å². The minimum atomic E-state index is -4.46. The average molecular weight is 522 g/mol. The Bertz CT molecular complexity index is 1380. The monoisotopic (exact) mass is 521 g/mol. The molecule has 0 unspecified atom stereocenters. The van der Waals surface area contributed by atoms with Gasteiger partial charge in [0.15, 0.2) is 10.9 Å². The number of hydrogen-bond acceptors (Lipinski definition) is 3. The van der Waals surface area contributed by atoms with Gasteiger partial charge in [0.25, 0.3) is 0 Å². The molecule has 1 heterocycles. The quantitative estimate of drug-likeness (QED) is 0.338. The summed E-state index contributed by atoms with van der Waals surface area (Å²) < 4.78 is 40.1. The third-order valence-corrected chi connectivity index (χ3v) is 7.00. The first-order valence-electron chi connectivity index (χ1n) is 12.0. The van der Waals surface area contributed by atoms with Crippen molar-refractivity contribution in [3.05, 3.63) is 101 Å². The smallest absolute Gasteiger partial charge is 0.357 e. The molecule has 5 rings (SSSR count). The van der Waals surface area contributed by atoms with Crippen molar-refractivity contribution in [3.63, 3.8) is 0 Å². The van der Waals surface area contributed by atoms with Crippen molar-refractivity contribution in [2.24, 2.45) is 5.41 Å². The van der Waals surface area contributed by atoms with Crippen LogP contribution in [0.1, 0.15) is 43.9 Å². The number of halogens is 3. The number of anilines is 3. The van der Waals surface area contributed by atoms with Crippen LogP contribution in [0.4, 0.5) is 30.2 Å². The number of alkyl halides is 3. The molecule has 0 amide bonds. The molecule has 0 aromatic heterocycles. The molecule has 3 aromatic carbocycles. The van der Waals surface area contributed by atoms with Crippen LogP contribution in [0.15, 0.2) is 90.1 Å². The largest absolute Gasteiger partial charge is 0.416 e. The Hall–Kier alpha value is -3.65. The summed E-state index contributed by atoms with van der Waals surface area (Å²) in [5.74, 6) is -0.0519. The van der Waals surface area contributed by atoms with Crippen molar-refractivity contribution in [2.45, 2.75) is 38.9 Å². The molecule has 3 aromatic rings. The minimum absolute atomic E-state index is 0.0519. The van der Waals surface area contributed by atoms with Gasteiger partial charge >= 0.3 is 6.18 Å². The topological polar surface area (TPSA) is 44.4 Å². The van der Waals surface area contributed by atoms with Crippen LogP contribution in [-0.2, 0) is 11.0 Å². The Morgan fingerprint density at radius 1 is 0.973 bits per heavy atom. The van der Waals surface area contributed by atoms with Crippen LogP contribution in [0.25, 0.3) is 0 Å². The fraction of sp³-hybridized carbons (Fsp3) is 0.241. The number of nitrogens with one attached hydrogen (secondary N) is 2. The SMILES string of the molecule is CC1(C)CC(=O)C2=C(C1)Nc1ccccc1N(C(=S)Nc1ccccc1)[C@@H]2c1ccc(C(F)(F)F)cc1. The fourth-order valence-electron chi connectivity index (χ4n) is 5.09. The van der Waals surface area contributed by atoms with Crippen LogP contribution in [0.2, 0.25) is 0 Å². The number of Topliss-reactive ketones (excluding diaryl/α,β-unsaturated/α-hetero) is 1.